The lowest BCUT2D eigenvalue weighted by Gasteiger charge is -2.12. The van der Waals surface area contributed by atoms with Crippen LogP contribution in [0.15, 0.2) is 6.07 Å². The first kappa shape index (κ1) is 11.3. The third-order valence-electron chi connectivity index (χ3n) is 2.27. The van der Waals surface area contributed by atoms with Crippen LogP contribution in [0.1, 0.15) is 34.7 Å². The zero-order chi connectivity index (χ0) is 10.6. The van der Waals surface area contributed by atoms with Gasteiger partial charge in [-0.15, -0.1) is 23.7 Å². The molecule has 1 rings (SSSR count). The summed E-state index contributed by atoms with van der Waals surface area (Å²) in [7, 11) is 0. The van der Waals surface area contributed by atoms with Gasteiger partial charge in [-0.05, 0) is 32.4 Å². The van der Waals surface area contributed by atoms with Gasteiger partial charge in [-0.2, -0.15) is 0 Å². The van der Waals surface area contributed by atoms with Crippen molar-refractivity contribution in [3.8, 4) is 12.3 Å². The van der Waals surface area contributed by atoms with Crippen molar-refractivity contribution in [2.24, 2.45) is 0 Å². The van der Waals surface area contributed by atoms with E-state index in [1.165, 1.54) is 15.3 Å². The van der Waals surface area contributed by atoms with Gasteiger partial charge in [0.05, 0.1) is 0 Å². The Morgan fingerprint density at radius 3 is 2.79 bits per heavy atom. The van der Waals surface area contributed by atoms with Crippen LogP contribution in [0.2, 0.25) is 0 Å². The van der Waals surface area contributed by atoms with Crippen LogP contribution in [0.3, 0.4) is 0 Å². The maximum atomic E-state index is 5.20. The van der Waals surface area contributed by atoms with Gasteiger partial charge in [0.15, 0.2) is 0 Å². The van der Waals surface area contributed by atoms with Gasteiger partial charge in [-0.1, -0.05) is 0 Å². The molecule has 0 spiro atoms. The average Bonchev–Trinajstić information content (AvgIpc) is 2.45. The summed E-state index contributed by atoms with van der Waals surface area (Å²) >= 11 is 1.86. The molecule has 2 heteroatoms. The molecule has 0 saturated heterocycles. The molecule has 76 valence electrons. The van der Waals surface area contributed by atoms with Crippen molar-refractivity contribution < 1.29 is 0 Å². The van der Waals surface area contributed by atoms with Crippen LogP contribution >= 0.6 is 11.3 Å². The topological polar surface area (TPSA) is 12.0 Å². The van der Waals surface area contributed by atoms with E-state index in [2.05, 4.69) is 38.1 Å². The molecule has 1 aromatic rings. The fraction of sp³-hybridized carbons (Fsp3) is 0.500. The smallest absolute Gasteiger partial charge is 0.0303 e. The summed E-state index contributed by atoms with van der Waals surface area (Å²) in [6, 6.07) is 2.67. The van der Waals surface area contributed by atoms with Crippen LogP contribution in [0, 0.1) is 26.2 Å². The molecule has 0 aliphatic carbocycles. The van der Waals surface area contributed by atoms with Gasteiger partial charge < -0.3 is 5.32 Å². The Kier molecular flexibility index (Phi) is 4.19. The summed E-state index contributed by atoms with van der Waals surface area (Å²) in [5.74, 6) is 2.63. The number of hydrogen-bond acceptors (Lipinski definition) is 2. The lowest BCUT2D eigenvalue weighted by Crippen LogP contribution is -2.19. The zero-order valence-corrected chi connectivity index (χ0v) is 9.87. The quantitative estimate of drug-likeness (QED) is 0.591. The minimum atomic E-state index is 0.410. The van der Waals surface area contributed by atoms with E-state index < -0.39 is 0 Å². The second-order valence-electron chi connectivity index (χ2n) is 3.50. The maximum absolute atomic E-state index is 5.20. The Bertz CT molecular complexity index is 333. The molecule has 1 heterocycles. The molecule has 1 aromatic heterocycles. The molecule has 0 aliphatic rings. The minimum Gasteiger partial charge on any atom is -0.309 e. The predicted molar refractivity (Wildman–Crippen MR) is 63.7 cm³/mol. The summed E-state index contributed by atoms with van der Waals surface area (Å²) in [6.45, 7) is 7.40. The SMILES string of the molecule is C#CCCNC(C)c1cc(C)sc1C. The Balaban J connectivity index is 2.56. The van der Waals surface area contributed by atoms with Gasteiger partial charge in [0.1, 0.15) is 0 Å². The van der Waals surface area contributed by atoms with Crippen molar-refractivity contribution >= 4 is 11.3 Å². The van der Waals surface area contributed by atoms with Gasteiger partial charge in [0.2, 0.25) is 0 Å². The van der Waals surface area contributed by atoms with E-state index in [9.17, 15) is 0 Å². The van der Waals surface area contributed by atoms with Crippen LogP contribution in [-0.2, 0) is 0 Å². The van der Waals surface area contributed by atoms with Gasteiger partial charge in [-0.3, -0.25) is 0 Å². The standard InChI is InChI=1S/C12H17NS/c1-5-6-7-13-10(3)12-8-9(2)14-11(12)4/h1,8,10,13H,6-7H2,2-4H3. The number of aryl methyl sites for hydroxylation is 2. The molecular weight excluding hydrogens is 190 g/mol. The summed E-state index contributed by atoms with van der Waals surface area (Å²) in [4.78, 5) is 2.78. The average molecular weight is 207 g/mol. The van der Waals surface area contributed by atoms with E-state index in [4.69, 9.17) is 6.42 Å². The molecular formula is C12H17NS. The van der Waals surface area contributed by atoms with Gasteiger partial charge >= 0.3 is 0 Å². The van der Waals surface area contributed by atoms with E-state index in [1.54, 1.807) is 0 Å². The molecule has 0 amide bonds. The summed E-state index contributed by atoms with van der Waals surface area (Å²) in [5.41, 5.74) is 1.41. The van der Waals surface area contributed by atoms with Crippen molar-refractivity contribution in [1.82, 2.24) is 5.32 Å². The Labute approximate surface area is 90.5 Å². The third kappa shape index (κ3) is 2.87. The molecule has 0 bridgehead atoms. The maximum Gasteiger partial charge on any atom is 0.0303 e. The highest BCUT2D eigenvalue weighted by Crippen LogP contribution is 2.25. The van der Waals surface area contributed by atoms with Gasteiger partial charge in [0.25, 0.3) is 0 Å². The molecule has 1 nitrogen and oxygen atoms in total. The Hall–Kier alpha value is -0.780. The molecule has 1 unspecified atom stereocenters. The normalized spacial score (nSPS) is 12.4. The van der Waals surface area contributed by atoms with Crippen LogP contribution in [-0.4, -0.2) is 6.54 Å². The number of thiophene rings is 1. The molecule has 1 N–H and O–H groups in total. The van der Waals surface area contributed by atoms with Crippen LogP contribution in [0.25, 0.3) is 0 Å². The predicted octanol–water partition coefficient (Wildman–Crippen LogP) is 3.04. The fourth-order valence-corrected chi connectivity index (χ4v) is 2.57. The first-order valence-electron chi connectivity index (χ1n) is 4.89. The van der Waals surface area contributed by atoms with Crippen molar-refractivity contribution in [2.45, 2.75) is 33.2 Å². The molecule has 0 aromatic carbocycles. The number of terminal acetylenes is 1. The van der Waals surface area contributed by atoms with Crippen molar-refractivity contribution in [3.63, 3.8) is 0 Å². The largest absolute Gasteiger partial charge is 0.309 e. The van der Waals surface area contributed by atoms with Gasteiger partial charge in [0, 0.05) is 28.8 Å². The second-order valence-corrected chi connectivity index (χ2v) is 4.96. The first-order chi connectivity index (χ1) is 6.65. The lowest BCUT2D eigenvalue weighted by atomic mass is 10.1. The van der Waals surface area contributed by atoms with E-state index in [0.29, 0.717) is 6.04 Å². The van der Waals surface area contributed by atoms with Crippen LogP contribution in [0.5, 0.6) is 0 Å². The van der Waals surface area contributed by atoms with E-state index in [-0.39, 0.29) is 0 Å². The highest BCUT2D eigenvalue weighted by atomic mass is 32.1. The molecule has 0 fully saturated rings. The van der Waals surface area contributed by atoms with E-state index in [1.807, 2.05) is 11.3 Å². The van der Waals surface area contributed by atoms with Gasteiger partial charge in [-0.25, -0.2) is 0 Å². The summed E-state index contributed by atoms with van der Waals surface area (Å²) < 4.78 is 0. The summed E-state index contributed by atoms with van der Waals surface area (Å²) in [5, 5.41) is 3.42. The van der Waals surface area contributed by atoms with Crippen LogP contribution in [0.4, 0.5) is 0 Å². The van der Waals surface area contributed by atoms with E-state index >= 15 is 0 Å². The lowest BCUT2D eigenvalue weighted by molar-refractivity contribution is 0.583. The molecule has 0 radical (unpaired) electrons. The van der Waals surface area contributed by atoms with E-state index in [0.717, 1.165) is 13.0 Å². The zero-order valence-electron chi connectivity index (χ0n) is 9.05. The number of hydrogen-bond donors (Lipinski definition) is 1. The molecule has 14 heavy (non-hydrogen) atoms. The monoisotopic (exact) mass is 207 g/mol. The first-order valence-corrected chi connectivity index (χ1v) is 5.70. The highest BCUT2D eigenvalue weighted by molar-refractivity contribution is 7.12. The highest BCUT2D eigenvalue weighted by Gasteiger charge is 2.09. The Morgan fingerprint density at radius 2 is 2.29 bits per heavy atom. The molecule has 1 atom stereocenters. The number of nitrogens with one attached hydrogen (secondary N) is 1. The number of rotatable bonds is 4. The van der Waals surface area contributed by atoms with Crippen molar-refractivity contribution in [3.05, 3.63) is 21.4 Å². The second kappa shape index (κ2) is 5.19. The fourth-order valence-electron chi connectivity index (χ4n) is 1.55. The summed E-state index contributed by atoms with van der Waals surface area (Å²) in [6.07, 6.45) is 6.00. The van der Waals surface area contributed by atoms with Crippen LogP contribution < -0.4 is 5.32 Å². The molecule has 0 aliphatic heterocycles. The minimum absolute atomic E-state index is 0.410. The Morgan fingerprint density at radius 1 is 1.57 bits per heavy atom. The third-order valence-corrected chi connectivity index (χ3v) is 3.25. The molecule has 0 saturated carbocycles. The van der Waals surface area contributed by atoms with Crippen molar-refractivity contribution in [1.29, 1.82) is 0 Å². The van der Waals surface area contributed by atoms with Crippen molar-refractivity contribution in [2.75, 3.05) is 6.54 Å².